The van der Waals surface area contributed by atoms with Crippen molar-refractivity contribution in [2.24, 2.45) is 0 Å². The number of nitrogen functional groups attached to an aromatic ring is 1. The molecule has 0 aliphatic heterocycles. The second-order valence-electron chi connectivity index (χ2n) is 3.84. The van der Waals surface area contributed by atoms with Crippen LogP contribution in [0.15, 0.2) is 12.3 Å². The van der Waals surface area contributed by atoms with Crippen LogP contribution in [-0.2, 0) is 0 Å². The predicted octanol–water partition coefficient (Wildman–Crippen LogP) is 2.44. The minimum atomic E-state index is 0.320. The van der Waals surface area contributed by atoms with Crippen LogP contribution >= 0.6 is 0 Å². The Morgan fingerprint density at radius 1 is 1.47 bits per heavy atom. The van der Waals surface area contributed by atoms with E-state index in [9.17, 15) is 0 Å². The molecule has 0 bridgehead atoms. The van der Waals surface area contributed by atoms with Gasteiger partial charge in [-0.25, -0.2) is 4.98 Å². The lowest BCUT2D eigenvalue weighted by Gasteiger charge is -2.13. The highest BCUT2D eigenvalue weighted by Gasteiger charge is 2.02. The average molecular weight is 208 g/mol. The highest BCUT2D eigenvalue weighted by molar-refractivity contribution is 5.37. The molecule has 0 aliphatic rings. The number of rotatable bonds is 6. The zero-order chi connectivity index (χ0) is 11.1. The van der Waals surface area contributed by atoms with Crippen molar-refractivity contribution in [3.63, 3.8) is 0 Å². The minimum Gasteiger partial charge on any atom is -0.368 e. The molecule has 15 heavy (non-hydrogen) atoms. The largest absolute Gasteiger partial charge is 0.368 e. The quantitative estimate of drug-likeness (QED) is 0.705. The Kier molecular flexibility index (Phi) is 4.87. The van der Waals surface area contributed by atoms with Gasteiger partial charge in [-0.2, -0.15) is 4.98 Å². The summed E-state index contributed by atoms with van der Waals surface area (Å²) in [5.74, 6) is 1.13. The van der Waals surface area contributed by atoms with Gasteiger partial charge in [0.25, 0.3) is 0 Å². The van der Waals surface area contributed by atoms with Crippen LogP contribution < -0.4 is 11.1 Å². The second-order valence-corrected chi connectivity index (χ2v) is 3.84. The third kappa shape index (κ3) is 4.63. The monoisotopic (exact) mass is 208 g/mol. The molecule has 0 spiro atoms. The Labute approximate surface area is 91.3 Å². The number of nitrogens with one attached hydrogen (secondary N) is 1. The lowest BCUT2D eigenvalue weighted by atomic mass is 10.1. The maximum absolute atomic E-state index is 5.49. The van der Waals surface area contributed by atoms with Crippen molar-refractivity contribution in [3.05, 3.63) is 12.3 Å². The van der Waals surface area contributed by atoms with Gasteiger partial charge in [-0.15, -0.1) is 0 Å². The van der Waals surface area contributed by atoms with Gasteiger partial charge in [-0.3, -0.25) is 0 Å². The van der Waals surface area contributed by atoms with Crippen LogP contribution in [0.4, 0.5) is 11.8 Å². The molecule has 0 saturated heterocycles. The van der Waals surface area contributed by atoms with Crippen molar-refractivity contribution in [2.75, 3.05) is 11.1 Å². The second kappa shape index (κ2) is 6.22. The van der Waals surface area contributed by atoms with E-state index in [1.807, 2.05) is 6.07 Å². The van der Waals surface area contributed by atoms with E-state index in [2.05, 4.69) is 29.1 Å². The van der Waals surface area contributed by atoms with E-state index in [0.717, 1.165) is 12.2 Å². The summed E-state index contributed by atoms with van der Waals surface area (Å²) in [6.45, 7) is 4.37. The first kappa shape index (κ1) is 11.8. The molecule has 3 N–H and O–H groups in total. The topological polar surface area (TPSA) is 63.8 Å². The number of nitrogens with two attached hydrogens (primary N) is 1. The summed E-state index contributed by atoms with van der Waals surface area (Å²) in [5.41, 5.74) is 5.49. The predicted molar refractivity (Wildman–Crippen MR) is 63.7 cm³/mol. The number of hydrogen-bond donors (Lipinski definition) is 2. The summed E-state index contributed by atoms with van der Waals surface area (Å²) < 4.78 is 0. The minimum absolute atomic E-state index is 0.320. The molecule has 0 amide bonds. The molecule has 1 aromatic heterocycles. The lowest BCUT2D eigenvalue weighted by molar-refractivity contribution is 0.614. The van der Waals surface area contributed by atoms with Crippen molar-refractivity contribution >= 4 is 11.8 Å². The molecular formula is C11H20N4. The molecule has 0 saturated carbocycles. The fourth-order valence-electron chi connectivity index (χ4n) is 1.48. The third-order valence-electron chi connectivity index (χ3n) is 2.31. The molecule has 84 valence electrons. The van der Waals surface area contributed by atoms with Crippen LogP contribution in [0, 0.1) is 0 Å². The van der Waals surface area contributed by atoms with E-state index in [-0.39, 0.29) is 0 Å². The smallest absolute Gasteiger partial charge is 0.221 e. The average Bonchev–Trinajstić information content (AvgIpc) is 2.18. The molecule has 1 aromatic rings. The first-order valence-electron chi connectivity index (χ1n) is 5.57. The molecule has 1 rings (SSSR count). The highest BCUT2D eigenvalue weighted by atomic mass is 15.1. The van der Waals surface area contributed by atoms with Gasteiger partial charge in [0, 0.05) is 12.2 Å². The normalized spacial score (nSPS) is 12.4. The molecule has 0 radical (unpaired) electrons. The molecular weight excluding hydrogens is 188 g/mol. The zero-order valence-electron chi connectivity index (χ0n) is 9.53. The first-order chi connectivity index (χ1) is 7.22. The van der Waals surface area contributed by atoms with Crippen molar-refractivity contribution in [1.82, 2.24) is 9.97 Å². The van der Waals surface area contributed by atoms with Gasteiger partial charge in [-0.05, 0) is 19.4 Å². The highest BCUT2D eigenvalue weighted by Crippen LogP contribution is 2.09. The molecule has 1 heterocycles. The Morgan fingerprint density at radius 2 is 2.27 bits per heavy atom. The van der Waals surface area contributed by atoms with E-state index in [0.29, 0.717) is 12.0 Å². The number of aromatic nitrogens is 2. The number of hydrogen-bond acceptors (Lipinski definition) is 4. The Morgan fingerprint density at radius 3 is 2.93 bits per heavy atom. The number of anilines is 2. The van der Waals surface area contributed by atoms with Crippen molar-refractivity contribution in [3.8, 4) is 0 Å². The van der Waals surface area contributed by atoms with Gasteiger partial charge in [-0.1, -0.05) is 26.2 Å². The van der Waals surface area contributed by atoms with Crippen LogP contribution in [0.3, 0.4) is 0 Å². The number of nitrogens with zero attached hydrogens (tertiary/aromatic N) is 2. The molecule has 0 aliphatic carbocycles. The van der Waals surface area contributed by atoms with Crippen LogP contribution in [-0.4, -0.2) is 16.0 Å². The van der Waals surface area contributed by atoms with E-state index in [1.165, 1.54) is 19.3 Å². The Balaban J connectivity index is 2.34. The summed E-state index contributed by atoms with van der Waals surface area (Å²) in [6.07, 6.45) is 6.64. The van der Waals surface area contributed by atoms with Gasteiger partial charge in [0.15, 0.2) is 0 Å². The Bertz CT molecular complexity index is 288. The van der Waals surface area contributed by atoms with Gasteiger partial charge < -0.3 is 11.1 Å². The summed E-state index contributed by atoms with van der Waals surface area (Å²) in [6, 6.07) is 2.28. The third-order valence-corrected chi connectivity index (χ3v) is 2.31. The molecule has 0 fully saturated rings. The van der Waals surface area contributed by atoms with E-state index in [1.54, 1.807) is 6.20 Å². The zero-order valence-corrected chi connectivity index (χ0v) is 9.53. The summed E-state index contributed by atoms with van der Waals surface area (Å²) in [7, 11) is 0. The van der Waals surface area contributed by atoms with Crippen molar-refractivity contribution in [2.45, 2.75) is 45.6 Å². The van der Waals surface area contributed by atoms with Gasteiger partial charge in [0.1, 0.15) is 5.82 Å². The number of unbranched alkanes of at least 4 members (excludes halogenated alkanes) is 2. The van der Waals surface area contributed by atoms with Gasteiger partial charge >= 0.3 is 0 Å². The fraction of sp³-hybridized carbons (Fsp3) is 0.636. The molecule has 0 aromatic carbocycles. The van der Waals surface area contributed by atoms with Crippen LogP contribution in [0.2, 0.25) is 0 Å². The summed E-state index contributed by atoms with van der Waals surface area (Å²) >= 11 is 0. The standard InChI is InChI=1S/C11H20N4/c1-3-4-5-6-9(2)14-10-7-8-13-11(12)15-10/h7-9H,3-6H2,1-2H3,(H3,12,13,14,15). The Hall–Kier alpha value is -1.32. The first-order valence-corrected chi connectivity index (χ1v) is 5.57. The van der Waals surface area contributed by atoms with E-state index in [4.69, 9.17) is 5.73 Å². The van der Waals surface area contributed by atoms with E-state index >= 15 is 0 Å². The van der Waals surface area contributed by atoms with Crippen LogP contribution in [0.1, 0.15) is 39.5 Å². The molecule has 1 atom stereocenters. The van der Waals surface area contributed by atoms with Crippen LogP contribution in [0.5, 0.6) is 0 Å². The van der Waals surface area contributed by atoms with Crippen molar-refractivity contribution in [1.29, 1.82) is 0 Å². The van der Waals surface area contributed by atoms with Gasteiger partial charge in [0.2, 0.25) is 5.95 Å². The van der Waals surface area contributed by atoms with Crippen LogP contribution in [0.25, 0.3) is 0 Å². The summed E-state index contributed by atoms with van der Waals surface area (Å²) in [4.78, 5) is 7.95. The van der Waals surface area contributed by atoms with E-state index < -0.39 is 0 Å². The maximum Gasteiger partial charge on any atom is 0.221 e. The molecule has 1 unspecified atom stereocenters. The molecule has 4 heteroatoms. The lowest BCUT2D eigenvalue weighted by Crippen LogP contribution is -2.16. The maximum atomic E-state index is 5.49. The fourth-order valence-corrected chi connectivity index (χ4v) is 1.48. The van der Waals surface area contributed by atoms with Crippen molar-refractivity contribution < 1.29 is 0 Å². The van der Waals surface area contributed by atoms with Gasteiger partial charge in [0.05, 0.1) is 0 Å². The molecule has 4 nitrogen and oxygen atoms in total. The summed E-state index contributed by atoms with van der Waals surface area (Å²) in [5, 5.41) is 3.31. The SMILES string of the molecule is CCCCCC(C)Nc1ccnc(N)n1.